The highest BCUT2D eigenvalue weighted by atomic mass is 16.5. The molecule has 0 saturated carbocycles. The maximum atomic E-state index is 12.7. The number of aromatic nitrogens is 1. The van der Waals surface area contributed by atoms with Crippen molar-refractivity contribution in [1.29, 1.82) is 0 Å². The lowest BCUT2D eigenvalue weighted by atomic mass is 10.0. The Morgan fingerprint density at radius 2 is 1.85 bits per heavy atom. The first kappa shape index (κ1) is 17.7. The molecule has 2 aliphatic rings. The van der Waals surface area contributed by atoms with Crippen LogP contribution in [-0.4, -0.2) is 52.3 Å². The Bertz CT molecular complexity index is 791. The van der Waals surface area contributed by atoms with E-state index in [4.69, 9.17) is 4.74 Å². The average molecular weight is 365 g/mol. The van der Waals surface area contributed by atoms with E-state index in [1.54, 1.807) is 16.0 Å². The van der Waals surface area contributed by atoms with Crippen LogP contribution in [0.2, 0.25) is 0 Å². The van der Waals surface area contributed by atoms with E-state index in [1.165, 1.54) is 0 Å². The molecule has 2 fully saturated rings. The van der Waals surface area contributed by atoms with Gasteiger partial charge in [0.1, 0.15) is 0 Å². The molecule has 2 aromatic rings. The standard InChI is InChI=1S/C21H23N3O3/c25-20-10-17(11-23(20)12-18-8-4-5-9-22-18)21(26)24-13-19(14-24)27-15-16-6-2-1-3-7-16/h1-9,17,19H,10-15H2. The van der Waals surface area contributed by atoms with E-state index in [0.29, 0.717) is 32.8 Å². The Morgan fingerprint density at radius 3 is 2.59 bits per heavy atom. The Morgan fingerprint density at radius 1 is 1.07 bits per heavy atom. The van der Waals surface area contributed by atoms with Gasteiger partial charge in [-0.05, 0) is 17.7 Å². The quantitative estimate of drug-likeness (QED) is 0.784. The summed E-state index contributed by atoms with van der Waals surface area (Å²) in [5.41, 5.74) is 1.98. The molecule has 3 heterocycles. The first-order valence-corrected chi connectivity index (χ1v) is 9.31. The van der Waals surface area contributed by atoms with Crippen LogP contribution in [0.25, 0.3) is 0 Å². The Balaban J connectivity index is 1.23. The van der Waals surface area contributed by atoms with Crippen LogP contribution in [0.15, 0.2) is 54.7 Å². The van der Waals surface area contributed by atoms with Crippen molar-refractivity contribution in [2.75, 3.05) is 19.6 Å². The minimum atomic E-state index is -0.253. The first-order valence-electron chi connectivity index (χ1n) is 9.31. The molecular weight excluding hydrogens is 342 g/mol. The number of rotatable bonds is 6. The number of likely N-dealkylation sites (tertiary alicyclic amines) is 2. The zero-order valence-corrected chi connectivity index (χ0v) is 15.2. The second-order valence-electron chi connectivity index (χ2n) is 7.16. The lowest BCUT2D eigenvalue weighted by Gasteiger charge is -2.40. The van der Waals surface area contributed by atoms with Crippen molar-refractivity contribution in [3.05, 3.63) is 66.0 Å². The fourth-order valence-electron chi connectivity index (χ4n) is 3.55. The van der Waals surface area contributed by atoms with Crippen LogP contribution in [0.3, 0.4) is 0 Å². The summed E-state index contributed by atoms with van der Waals surface area (Å²) in [5.74, 6) is -0.167. The van der Waals surface area contributed by atoms with Crippen LogP contribution in [0, 0.1) is 5.92 Å². The van der Waals surface area contributed by atoms with E-state index in [0.717, 1.165) is 11.3 Å². The highest BCUT2D eigenvalue weighted by Gasteiger charge is 2.40. The van der Waals surface area contributed by atoms with Gasteiger partial charge in [-0.3, -0.25) is 14.6 Å². The highest BCUT2D eigenvalue weighted by molar-refractivity contribution is 5.89. The molecule has 1 unspecified atom stereocenters. The molecule has 1 aromatic carbocycles. The third-order valence-electron chi connectivity index (χ3n) is 5.13. The largest absolute Gasteiger partial charge is 0.370 e. The van der Waals surface area contributed by atoms with Gasteiger partial charge in [0.2, 0.25) is 11.8 Å². The van der Waals surface area contributed by atoms with Gasteiger partial charge in [0.05, 0.1) is 30.9 Å². The van der Waals surface area contributed by atoms with E-state index >= 15 is 0 Å². The van der Waals surface area contributed by atoms with E-state index < -0.39 is 0 Å². The predicted molar refractivity (Wildman–Crippen MR) is 99.4 cm³/mol. The maximum absolute atomic E-state index is 12.7. The summed E-state index contributed by atoms with van der Waals surface area (Å²) in [4.78, 5) is 32.7. The number of nitrogens with zero attached hydrogens (tertiary/aromatic N) is 3. The minimum Gasteiger partial charge on any atom is -0.370 e. The molecule has 0 aliphatic carbocycles. The lowest BCUT2D eigenvalue weighted by molar-refractivity contribution is -0.150. The number of carbonyl (C=O) groups is 2. The summed E-state index contributed by atoms with van der Waals surface area (Å²) in [7, 11) is 0. The fraction of sp³-hybridized carbons (Fsp3) is 0.381. The van der Waals surface area contributed by atoms with Gasteiger partial charge in [0.15, 0.2) is 0 Å². The van der Waals surface area contributed by atoms with Gasteiger partial charge in [0, 0.05) is 32.3 Å². The molecule has 2 saturated heterocycles. The highest BCUT2D eigenvalue weighted by Crippen LogP contribution is 2.25. The van der Waals surface area contributed by atoms with Gasteiger partial charge in [0.25, 0.3) is 0 Å². The minimum absolute atomic E-state index is 0.0244. The van der Waals surface area contributed by atoms with Crippen molar-refractivity contribution in [2.45, 2.75) is 25.7 Å². The number of pyridine rings is 1. The molecule has 6 heteroatoms. The second-order valence-corrected chi connectivity index (χ2v) is 7.16. The van der Waals surface area contributed by atoms with Gasteiger partial charge in [-0.1, -0.05) is 36.4 Å². The zero-order valence-electron chi connectivity index (χ0n) is 15.2. The third kappa shape index (κ3) is 4.17. The molecule has 27 heavy (non-hydrogen) atoms. The van der Waals surface area contributed by atoms with Crippen molar-refractivity contribution in [3.63, 3.8) is 0 Å². The number of ether oxygens (including phenoxy) is 1. The lowest BCUT2D eigenvalue weighted by Crippen LogP contribution is -2.56. The fourth-order valence-corrected chi connectivity index (χ4v) is 3.55. The van der Waals surface area contributed by atoms with E-state index in [2.05, 4.69) is 4.98 Å². The topological polar surface area (TPSA) is 62.7 Å². The summed E-state index contributed by atoms with van der Waals surface area (Å²) >= 11 is 0. The predicted octanol–water partition coefficient (Wildman–Crippen LogP) is 1.86. The van der Waals surface area contributed by atoms with E-state index in [-0.39, 0.29) is 30.3 Å². The maximum Gasteiger partial charge on any atom is 0.228 e. The molecule has 1 atom stereocenters. The molecule has 4 rings (SSSR count). The Hall–Kier alpha value is -2.73. The molecule has 2 aliphatic heterocycles. The van der Waals surface area contributed by atoms with Gasteiger partial charge >= 0.3 is 0 Å². The average Bonchev–Trinajstić information content (AvgIpc) is 3.02. The molecular formula is C21H23N3O3. The van der Waals surface area contributed by atoms with Gasteiger partial charge in [-0.2, -0.15) is 0 Å². The summed E-state index contributed by atoms with van der Waals surface area (Å²) in [5, 5.41) is 0. The normalized spacial score (nSPS) is 20.0. The van der Waals surface area contributed by atoms with Crippen LogP contribution >= 0.6 is 0 Å². The number of carbonyl (C=O) groups excluding carboxylic acids is 2. The van der Waals surface area contributed by atoms with Crippen LogP contribution in [-0.2, 0) is 27.5 Å². The molecule has 0 N–H and O–H groups in total. The van der Waals surface area contributed by atoms with Gasteiger partial charge < -0.3 is 14.5 Å². The Labute approximate surface area is 158 Å². The van der Waals surface area contributed by atoms with Crippen molar-refractivity contribution in [1.82, 2.24) is 14.8 Å². The van der Waals surface area contributed by atoms with Gasteiger partial charge in [-0.25, -0.2) is 0 Å². The molecule has 2 amide bonds. The number of hydrogen-bond donors (Lipinski definition) is 0. The molecule has 1 aromatic heterocycles. The smallest absolute Gasteiger partial charge is 0.228 e. The van der Waals surface area contributed by atoms with Crippen LogP contribution in [0.1, 0.15) is 17.7 Å². The summed E-state index contributed by atoms with van der Waals surface area (Å²) in [6.45, 7) is 2.72. The number of benzene rings is 1. The monoisotopic (exact) mass is 365 g/mol. The molecule has 6 nitrogen and oxygen atoms in total. The number of hydrogen-bond acceptors (Lipinski definition) is 4. The van der Waals surface area contributed by atoms with Crippen LogP contribution in [0.4, 0.5) is 0 Å². The molecule has 140 valence electrons. The van der Waals surface area contributed by atoms with E-state index in [1.807, 2.05) is 48.5 Å². The summed E-state index contributed by atoms with van der Waals surface area (Å²) in [6, 6.07) is 15.7. The van der Waals surface area contributed by atoms with Crippen LogP contribution in [0.5, 0.6) is 0 Å². The van der Waals surface area contributed by atoms with E-state index in [9.17, 15) is 9.59 Å². The third-order valence-corrected chi connectivity index (χ3v) is 5.13. The Kier molecular flexibility index (Phi) is 5.16. The first-order chi connectivity index (χ1) is 13.2. The second kappa shape index (κ2) is 7.88. The number of amides is 2. The molecule has 0 spiro atoms. The van der Waals surface area contributed by atoms with Crippen LogP contribution < -0.4 is 0 Å². The van der Waals surface area contributed by atoms with Gasteiger partial charge in [-0.15, -0.1) is 0 Å². The summed E-state index contributed by atoms with van der Waals surface area (Å²) < 4.78 is 5.85. The molecule has 0 bridgehead atoms. The van der Waals surface area contributed by atoms with Crippen molar-refractivity contribution in [3.8, 4) is 0 Å². The van der Waals surface area contributed by atoms with Crippen molar-refractivity contribution >= 4 is 11.8 Å². The van der Waals surface area contributed by atoms with Crippen molar-refractivity contribution in [2.24, 2.45) is 5.92 Å². The zero-order chi connectivity index (χ0) is 18.6. The molecule has 0 radical (unpaired) electrons. The summed E-state index contributed by atoms with van der Waals surface area (Å²) in [6.07, 6.45) is 2.09. The van der Waals surface area contributed by atoms with Crippen molar-refractivity contribution < 1.29 is 14.3 Å². The SMILES string of the molecule is O=C1CC(C(=O)N2CC(OCc3ccccc3)C2)CN1Cc1ccccn1.